The normalized spacial score (nSPS) is 15.6. The molecule has 3 aromatic rings. The zero-order chi connectivity index (χ0) is 28.2. The summed E-state index contributed by atoms with van der Waals surface area (Å²) in [5, 5.41) is 0. The van der Waals surface area contributed by atoms with Gasteiger partial charge in [-0.2, -0.15) is 0 Å². The van der Waals surface area contributed by atoms with Crippen molar-refractivity contribution < 1.29 is 18.7 Å². The Balaban J connectivity index is 1.21. The number of piperazine rings is 1. The van der Waals surface area contributed by atoms with Crippen LogP contribution in [0.2, 0.25) is 0 Å². The SMILES string of the molecule is COC(=O)C1=Cc2cc(CCc3cc(CC(=O)c4ccc(CN5CCN(C)CC5)c(F)c4)ccc3C)cnc2C1. The molecule has 0 radical (unpaired) electrons. The van der Waals surface area contributed by atoms with Crippen LogP contribution in [0.15, 0.2) is 54.2 Å². The number of halogens is 1. The van der Waals surface area contributed by atoms with Crippen LogP contribution in [-0.4, -0.2) is 66.9 Å². The highest BCUT2D eigenvalue weighted by Crippen LogP contribution is 2.26. The van der Waals surface area contributed by atoms with E-state index < -0.39 is 0 Å². The van der Waals surface area contributed by atoms with Crippen molar-refractivity contribution in [1.29, 1.82) is 0 Å². The number of hydrogen-bond donors (Lipinski definition) is 0. The van der Waals surface area contributed by atoms with Crippen LogP contribution in [0.4, 0.5) is 4.39 Å². The first-order valence-electron chi connectivity index (χ1n) is 13.9. The number of ketones is 1. The Hall–Kier alpha value is -3.68. The van der Waals surface area contributed by atoms with Gasteiger partial charge in [-0.1, -0.05) is 30.3 Å². The topological polar surface area (TPSA) is 62.7 Å². The molecule has 7 heteroatoms. The highest BCUT2D eigenvalue weighted by molar-refractivity contribution is 5.97. The Morgan fingerprint density at radius 2 is 1.77 bits per heavy atom. The number of likely N-dealkylation sites (N-methyl/N-ethyl adjacent to an activating group) is 1. The molecule has 1 aliphatic heterocycles. The molecule has 5 rings (SSSR count). The van der Waals surface area contributed by atoms with Crippen LogP contribution in [0.1, 0.15) is 49.4 Å². The largest absolute Gasteiger partial charge is 0.466 e. The van der Waals surface area contributed by atoms with Gasteiger partial charge in [0, 0.05) is 68.5 Å². The maximum atomic E-state index is 14.9. The summed E-state index contributed by atoms with van der Waals surface area (Å²) in [4.78, 5) is 34.0. The molecule has 0 spiro atoms. The van der Waals surface area contributed by atoms with E-state index in [1.165, 1.54) is 18.7 Å². The van der Waals surface area contributed by atoms with E-state index in [0.29, 0.717) is 29.7 Å². The number of nitrogens with zero attached hydrogens (tertiary/aromatic N) is 3. The molecular weight excluding hydrogens is 505 g/mol. The standard InChI is InChI=1S/C33H36FN3O3/c1-22-4-5-23(14-25(22)7-6-24-15-28-17-29(33(39)40-3)19-31(28)35-20-24)16-32(38)26-8-9-27(30(34)18-26)21-37-12-10-36(2)11-13-37/h4-5,8-9,14-15,17-18,20H,6-7,10-13,16,19,21H2,1-3H3. The summed E-state index contributed by atoms with van der Waals surface area (Å²) in [6, 6.07) is 13.1. The number of esters is 1. The molecule has 6 nitrogen and oxygen atoms in total. The molecule has 2 heterocycles. The molecule has 40 heavy (non-hydrogen) atoms. The summed E-state index contributed by atoms with van der Waals surface area (Å²) >= 11 is 0. The van der Waals surface area contributed by atoms with Crippen LogP contribution in [-0.2, 0) is 41.8 Å². The third kappa shape index (κ3) is 6.54. The first-order chi connectivity index (χ1) is 19.3. The maximum absolute atomic E-state index is 14.9. The summed E-state index contributed by atoms with van der Waals surface area (Å²) < 4.78 is 19.7. The van der Waals surface area contributed by atoms with E-state index in [4.69, 9.17) is 4.74 Å². The summed E-state index contributed by atoms with van der Waals surface area (Å²) in [7, 11) is 3.49. The lowest BCUT2D eigenvalue weighted by molar-refractivity contribution is -0.136. The molecule has 0 unspecified atom stereocenters. The lowest BCUT2D eigenvalue weighted by Crippen LogP contribution is -2.44. The van der Waals surface area contributed by atoms with Crippen LogP contribution in [0.25, 0.3) is 6.08 Å². The predicted molar refractivity (Wildman–Crippen MR) is 154 cm³/mol. The zero-order valence-electron chi connectivity index (χ0n) is 23.5. The van der Waals surface area contributed by atoms with E-state index >= 15 is 0 Å². The predicted octanol–water partition coefficient (Wildman–Crippen LogP) is 4.60. The average molecular weight is 542 g/mol. The summed E-state index contributed by atoms with van der Waals surface area (Å²) in [5.41, 5.74) is 7.88. The summed E-state index contributed by atoms with van der Waals surface area (Å²) in [6.07, 6.45) is 6.05. The molecular formula is C33H36FN3O3. The lowest BCUT2D eigenvalue weighted by atomic mass is 9.95. The van der Waals surface area contributed by atoms with E-state index in [0.717, 1.165) is 67.0 Å². The molecule has 2 aliphatic rings. The van der Waals surface area contributed by atoms with E-state index in [-0.39, 0.29) is 24.0 Å². The molecule has 0 N–H and O–H groups in total. The first-order valence-corrected chi connectivity index (χ1v) is 13.9. The first kappa shape index (κ1) is 27.9. The summed E-state index contributed by atoms with van der Waals surface area (Å²) in [5.74, 6) is -0.715. The van der Waals surface area contributed by atoms with Gasteiger partial charge < -0.3 is 9.64 Å². The average Bonchev–Trinajstić information content (AvgIpc) is 3.38. The number of pyridine rings is 1. The molecule has 1 saturated heterocycles. The Morgan fingerprint density at radius 3 is 2.52 bits per heavy atom. The maximum Gasteiger partial charge on any atom is 0.334 e. The molecule has 0 bridgehead atoms. The lowest BCUT2D eigenvalue weighted by Gasteiger charge is -2.32. The fourth-order valence-electron chi connectivity index (χ4n) is 5.41. The van der Waals surface area contributed by atoms with Gasteiger partial charge in [0.1, 0.15) is 5.82 Å². The molecule has 1 fully saturated rings. The quantitative estimate of drug-likeness (QED) is 0.292. The van der Waals surface area contributed by atoms with Crippen molar-refractivity contribution >= 4 is 17.8 Å². The van der Waals surface area contributed by atoms with Gasteiger partial charge in [0.2, 0.25) is 0 Å². The number of methoxy groups -OCH3 is 1. The second-order valence-corrected chi connectivity index (χ2v) is 11.0. The number of fused-ring (bicyclic) bond motifs is 1. The Bertz CT molecular complexity index is 1460. The van der Waals surface area contributed by atoms with Crippen molar-refractivity contribution in [3.05, 3.63) is 105 Å². The van der Waals surface area contributed by atoms with Crippen molar-refractivity contribution in [1.82, 2.24) is 14.8 Å². The second-order valence-electron chi connectivity index (χ2n) is 11.0. The third-order valence-corrected chi connectivity index (χ3v) is 8.02. The van der Waals surface area contributed by atoms with Gasteiger partial charge in [-0.15, -0.1) is 0 Å². The fourth-order valence-corrected chi connectivity index (χ4v) is 5.41. The van der Waals surface area contributed by atoms with Gasteiger partial charge in [0.15, 0.2) is 5.78 Å². The molecule has 208 valence electrons. The number of aryl methyl sites for hydroxylation is 3. The van der Waals surface area contributed by atoms with E-state index in [1.807, 2.05) is 24.4 Å². The van der Waals surface area contributed by atoms with Crippen molar-refractivity contribution in [3.8, 4) is 0 Å². The smallest absolute Gasteiger partial charge is 0.334 e. The Labute approximate surface area is 235 Å². The molecule has 0 atom stereocenters. The van der Waals surface area contributed by atoms with Gasteiger partial charge in [0.05, 0.1) is 12.8 Å². The third-order valence-electron chi connectivity index (χ3n) is 8.02. The van der Waals surface area contributed by atoms with Gasteiger partial charge in [-0.25, -0.2) is 9.18 Å². The van der Waals surface area contributed by atoms with Crippen molar-refractivity contribution in [2.24, 2.45) is 0 Å². The van der Waals surface area contributed by atoms with Crippen molar-refractivity contribution in [3.63, 3.8) is 0 Å². The summed E-state index contributed by atoms with van der Waals surface area (Å²) in [6.45, 7) is 6.44. The number of ether oxygens (including phenoxy) is 1. The number of Topliss-reactive ketones (excluding diaryl/α,β-unsaturated/α-hetero) is 1. The van der Waals surface area contributed by atoms with Crippen molar-refractivity contribution in [2.45, 2.75) is 39.2 Å². The highest BCUT2D eigenvalue weighted by Gasteiger charge is 2.21. The van der Waals surface area contributed by atoms with Crippen LogP contribution >= 0.6 is 0 Å². The second kappa shape index (κ2) is 12.2. The molecule has 1 aliphatic carbocycles. The number of aromatic nitrogens is 1. The van der Waals surface area contributed by atoms with Gasteiger partial charge in [-0.05, 0) is 72.8 Å². The van der Waals surface area contributed by atoms with Crippen LogP contribution in [0.3, 0.4) is 0 Å². The highest BCUT2D eigenvalue weighted by atomic mass is 19.1. The van der Waals surface area contributed by atoms with E-state index in [2.05, 4.69) is 40.9 Å². The van der Waals surface area contributed by atoms with E-state index in [1.54, 1.807) is 12.1 Å². The van der Waals surface area contributed by atoms with Crippen molar-refractivity contribution in [2.75, 3.05) is 40.3 Å². The van der Waals surface area contributed by atoms with E-state index in [9.17, 15) is 14.0 Å². The zero-order valence-corrected chi connectivity index (χ0v) is 23.5. The van der Waals surface area contributed by atoms with Crippen LogP contribution in [0.5, 0.6) is 0 Å². The number of carbonyl (C=O) groups is 2. The molecule has 0 saturated carbocycles. The number of hydrogen-bond acceptors (Lipinski definition) is 6. The minimum atomic E-state index is -0.314. The van der Waals surface area contributed by atoms with Gasteiger partial charge >= 0.3 is 5.97 Å². The molecule has 0 amide bonds. The number of carbonyl (C=O) groups excluding carboxylic acids is 2. The van der Waals surface area contributed by atoms with Gasteiger partial charge in [-0.3, -0.25) is 14.7 Å². The number of benzene rings is 2. The number of rotatable bonds is 9. The molecule has 1 aromatic heterocycles. The molecule has 2 aromatic carbocycles. The van der Waals surface area contributed by atoms with Gasteiger partial charge in [0.25, 0.3) is 0 Å². The minimum absolute atomic E-state index is 0.0872. The minimum Gasteiger partial charge on any atom is -0.466 e. The van der Waals surface area contributed by atoms with Crippen LogP contribution < -0.4 is 0 Å². The fraction of sp³-hybridized carbons (Fsp3) is 0.364. The monoisotopic (exact) mass is 541 g/mol. The Morgan fingerprint density at radius 1 is 0.975 bits per heavy atom. The van der Waals surface area contributed by atoms with Crippen LogP contribution in [0, 0.1) is 12.7 Å². The Kier molecular flexibility index (Phi) is 8.52.